The van der Waals surface area contributed by atoms with Gasteiger partial charge in [0.15, 0.2) is 17.5 Å². The van der Waals surface area contributed by atoms with Crippen LogP contribution < -0.4 is 9.47 Å². The number of thiocarbonyl (C=S) groups is 1. The Morgan fingerprint density at radius 1 is 1.15 bits per heavy atom. The molecule has 1 heterocycles. The number of hydrogen-bond acceptors (Lipinski definition) is 7. The highest BCUT2D eigenvalue weighted by Gasteiger charge is 2.42. The lowest BCUT2D eigenvalue weighted by atomic mass is 10.1. The van der Waals surface area contributed by atoms with Gasteiger partial charge in [0.05, 0.1) is 29.2 Å². The van der Waals surface area contributed by atoms with Crippen molar-refractivity contribution >= 4 is 62.2 Å². The van der Waals surface area contributed by atoms with Gasteiger partial charge < -0.3 is 14.2 Å². The molecule has 1 atom stereocenters. The van der Waals surface area contributed by atoms with E-state index in [4.69, 9.17) is 26.4 Å². The van der Waals surface area contributed by atoms with Gasteiger partial charge in [-0.15, -0.1) is 0 Å². The molecule has 3 rings (SSSR count). The van der Waals surface area contributed by atoms with Crippen molar-refractivity contribution in [3.8, 4) is 11.5 Å². The van der Waals surface area contributed by atoms with E-state index in [1.807, 2.05) is 44.2 Å². The van der Waals surface area contributed by atoms with Crippen LogP contribution in [0.5, 0.6) is 11.5 Å². The highest BCUT2D eigenvalue weighted by Crippen LogP contribution is 2.41. The average Bonchev–Trinajstić information content (AvgIpc) is 3.08. The minimum Gasteiger partial charge on any atom is -0.490 e. The number of rotatable bonds is 10. The van der Waals surface area contributed by atoms with Crippen molar-refractivity contribution in [1.29, 1.82) is 0 Å². The molecular weight excluding hydrogens is 538 g/mol. The second kappa shape index (κ2) is 12.4. The topological polar surface area (TPSA) is 65.1 Å². The molecule has 1 unspecified atom stereocenters. The summed E-state index contributed by atoms with van der Waals surface area (Å²) in [7, 11) is 0. The number of carbonyl (C=O) groups excluding carboxylic acids is 2. The molecule has 6 nitrogen and oxygen atoms in total. The van der Waals surface area contributed by atoms with Crippen LogP contribution in [-0.4, -0.2) is 40.9 Å². The smallest absolute Gasteiger partial charge is 0.333 e. The quantitative estimate of drug-likeness (QED) is 0.195. The van der Waals surface area contributed by atoms with Crippen molar-refractivity contribution in [3.05, 3.63) is 63.0 Å². The molecule has 9 heteroatoms. The van der Waals surface area contributed by atoms with Gasteiger partial charge in [0, 0.05) is 0 Å². The molecule has 1 aliphatic heterocycles. The average molecular weight is 565 g/mol. The molecule has 0 radical (unpaired) electrons. The molecule has 34 heavy (non-hydrogen) atoms. The number of halogens is 1. The first-order valence-electron chi connectivity index (χ1n) is 11.0. The first kappa shape index (κ1) is 26.2. The van der Waals surface area contributed by atoms with Crippen LogP contribution in [-0.2, 0) is 14.3 Å². The SMILES string of the molecule is CCCOc1c(Br)cc(/C=C2\SC(=S)N(C(C(=O)OCC)c3ccccc3)C2=O)cc1OCC. The first-order valence-corrected chi connectivity index (χ1v) is 13.0. The van der Waals surface area contributed by atoms with Gasteiger partial charge in [-0.3, -0.25) is 9.69 Å². The summed E-state index contributed by atoms with van der Waals surface area (Å²) in [6.07, 6.45) is 2.61. The number of amides is 1. The molecule has 1 aliphatic rings. The predicted octanol–water partition coefficient (Wildman–Crippen LogP) is 6.14. The molecule has 0 bridgehead atoms. The van der Waals surface area contributed by atoms with E-state index in [0.717, 1.165) is 28.2 Å². The van der Waals surface area contributed by atoms with E-state index in [1.165, 1.54) is 4.90 Å². The Hall–Kier alpha value is -2.36. The van der Waals surface area contributed by atoms with Crippen molar-refractivity contribution < 1.29 is 23.8 Å². The van der Waals surface area contributed by atoms with Crippen LogP contribution in [0.2, 0.25) is 0 Å². The number of nitrogens with zero attached hydrogens (tertiary/aromatic N) is 1. The van der Waals surface area contributed by atoms with Crippen LogP contribution in [0.25, 0.3) is 6.08 Å². The highest BCUT2D eigenvalue weighted by molar-refractivity contribution is 9.10. The maximum atomic E-state index is 13.4. The zero-order valence-electron chi connectivity index (χ0n) is 19.2. The monoisotopic (exact) mass is 563 g/mol. The maximum Gasteiger partial charge on any atom is 0.333 e. The Labute approximate surface area is 217 Å². The molecule has 0 aliphatic carbocycles. The standard InChI is InChI=1S/C25H26BrNO5S2/c1-4-12-32-22-18(26)13-16(14-19(22)30-5-2)15-20-23(28)27(25(33)34-20)21(24(29)31-6-3)17-10-8-7-9-11-17/h7-11,13-15,21H,4-6,12H2,1-3H3/b20-15-. The minimum atomic E-state index is -0.949. The number of benzene rings is 2. The molecule has 1 saturated heterocycles. The fourth-order valence-corrected chi connectivity index (χ4v) is 5.27. The summed E-state index contributed by atoms with van der Waals surface area (Å²) in [5, 5.41) is 0. The second-order valence-electron chi connectivity index (χ2n) is 7.23. The maximum absolute atomic E-state index is 13.4. The van der Waals surface area contributed by atoms with Crippen molar-refractivity contribution in [2.45, 2.75) is 33.2 Å². The molecule has 180 valence electrons. The fraction of sp³-hybridized carbons (Fsp3) is 0.320. The lowest BCUT2D eigenvalue weighted by molar-refractivity contribution is -0.151. The Bertz CT molecular complexity index is 1090. The molecule has 1 amide bonds. The zero-order valence-corrected chi connectivity index (χ0v) is 22.4. The lowest BCUT2D eigenvalue weighted by Gasteiger charge is -2.25. The minimum absolute atomic E-state index is 0.202. The molecule has 0 spiro atoms. The van der Waals surface area contributed by atoms with E-state index in [1.54, 1.807) is 25.1 Å². The van der Waals surface area contributed by atoms with Crippen molar-refractivity contribution in [2.24, 2.45) is 0 Å². The third kappa shape index (κ3) is 6.00. The van der Waals surface area contributed by atoms with E-state index >= 15 is 0 Å². The van der Waals surface area contributed by atoms with Crippen LogP contribution in [0.3, 0.4) is 0 Å². The van der Waals surface area contributed by atoms with Crippen LogP contribution in [0.1, 0.15) is 44.4 Å². The first-order chi connectivity index (χ1) is 16.4. The van der Waals surface area contributed by atoms with Crippen molar-refractivity contribution in [3.63, 3.8) is 0 Å². The molecule has 0 saturated carbocycles. The van der Waals surface area contributed by atoms with Gasteiger partial charge in [-0.25, -0.2) is 4.79 Å². The summed E-state index contributed by atoms with van der Waals surface area (Å²) >= 11 is 10.2. The fourth-order valence-electron chi connectivity index (χ4n) is 3.38. The molecule has 0 aromatic heterocycles. The predicted molar refractivity (Wildman–Crippen MR) is 142 cm³/mol. The molecule has 2 aromatic carbocycles. The number of esters is 1. The van der Waals surface area contributed by atoms with Gasteiger partial charge in [0.1, 0.15) is 4.32 Å². The van der Waals surface area contributed by atoms with E-state index in [9.17, 15) is 9.59 Å². The summed E-state index contributed by atoms with van der Waals surface area (Å²) in [5.74, 6) is 0.336. The highest BCUT2D eigenvalue weighted by atomic mass is 79.9. The van der Waals surface area contributed by atoms with Crippen LogP contribution in [0, 0.1) is 0 Å². The molecule has 1 fully saturated rings. The molecule has 0 N–H and O–H groups in total. The van der Waals surface area contributed by atoms with Crippen LogP contribution >= 0.6 is 39.9 Å². The van der Waals surface area contributed by atoms with Crippen LogP contribution in [0.4, 0.5) is 0 Å². The third-order valence-corrected chi connectivity index (χ3v) is 6.71. The number of carbonyl (C=O) groups is 2. The van der Waals surface area contributed by atoms with Gasteiger partial charge in [-0.1, -0.05) is 61.2 Å². The number of hydrogen-bond donors (Lipinski definition) is 0. The Kier molecular flexibility index (Phi) is 9.55. The van der Waals surface area contributed by atoms with Crippen LogP contribution in [0.15, 0.2) is 51.8 Å². The Morgan fingerprint density at radius 3 is 2.53 bits per heavy atom. The largest absolute Gasteiger partial charge is 0.490 e. The van der Waals surface area contributed by atoms with E-state index < -0.39 is 12.0 Å². The summed E-state index contributed by atoms with van der Waals surface area (Å²) in [6.45, 7) is 6.89. The summed E-state index contributed by atoms with van der Waals surface area (Å²) in [6, 6.07) is 11.8. The van der Waals surface area contributed by atoms with Gasteiger partial charge in [0.25, 0.3) is 5.91 Å². The summed E-state index contributed by atoms with van der Waals surface area (Å²) in [5.41, 5.74) is 1.38. The van der Waals surface area contributed by atoms with E-state index in [-0.39, 0.29) is 12.5 Å². The molecular formula is C25H26BrNO5S2. The van der Waals surface area contributed by atoms with Gasteiger partial charge >= 0.3 is 5.97 Å². The van der Waals surface area contributed by atoms with Gasteiger partial charge in [0.2, 0.25) is 0 Å². The normalized spacial score (nSPS) is 15.5. The Morgan fingerprint density at radius 2 is 1.88 bits per heavy atom. The summed E-state index contributed by atoms with van der Waals surface area (Å²) < 4.78 is 17.9. The van der Waals surface area contributed by atoms with Gasteiger partial charge in [-0.2, -0.15) is 0 Å². The molecule has 2 aromatic rings. The second-order valence-corrected chi connectivity index (χ2v) is 9.76. The number of thioether (sulfide) groups is 1. The van der Waals surface area contributed by atoms with E-state index in [0.29, 0.717) is 39.5 Å². The van der Waals surface area contributed by atoms with Crippen molar-refractivity contribution in [2.75, 3.05) is 19.8 Å². The zero-order chi connectivity index (χ0) is 24.7. The van der Waals surface area contributed by atoms with E-state index in [2.05, 4.69) is 15.9 Å². The lowest BCUT2D eigenvalue weighted by Crippen LogP contribution is -2.38. The summed E-state index contributed by atoms with van der Waals surface area (Å²) in [4.78, 5) is 28.0. The Balaban J connectivity index is 1.97. The third-order valence-electron chi connectivity index (χ3n) is 4.79. The van der Waals surface area contributed by atoms with Gasteiger partial charge in [-0.05, 0) is 65.5 Å². The van der Waals surface area contributed by atoms with Crippen molar-refractivity contribution in [1.82, 2.24) is 4.90 Å². The number of ether oxygens (including phenoxy) is 3.